The van der Waals surface area contributed by atoms with Crippen LogP contribution in [0.25, 0.3) is 0 Å². The van der Waals surface area contributed by atoms with Crippen molar-refractivity contribution in [2.75, 3.05) is 13.6 Å². The Morgan fingerprint density at radius 2 is 2.24 bits per heavy atom. The maximum absolute atomic E-state index is 12.3. The maximum atomic E-state index is 12.3. The van der Waals surface area contributed by atoms with Crippen LogP contribution in [-0.4, -0.2) is 53.5 Å². The summed E-state index contributed by atoms with van der Waals surface area (Å²) in [6.45, 7) is 4.69. The van der Waals surface area contributed by atoms with Crippen molar-refractivity contribution >= 4 is 13.0 Å². The van der Waals surface area contributed by atoms with Gasteiger partial charge in [-0.05, 0) is 25.8 Å². The van der Waals surface area contributed by atoms with Crippen LogP contribution in [0, 0.1) is 5.92 Å². The van der Waals surface area contributed by atoms with Gasteiger partial charge in [0.1, 0.15) is 0 Å². The van der Waals surface area contributed by atoms with Gasteiger partial charge in [-0.3, -0.25) is 4.79 Å². The van der Waals surface area contributed by atoms with Crippen LogP contribution in [0.2, 0.25) is 0 Å². The summed E-state index contributed by atoms with van der Waals surface area (Å²) in [6, 6.07) is -0.237. The SMILES string of the molecule is CC[C@@H](C)[C@H](NC)C(=O)N1CCC[C@H]1B(O)O. The highest BCUT2D eigenvalue weighted by Gasteiger charge is 2.39. The minimum Gasteiger partial charge on any atom is -0.426 e. The van der Waals surface area contributed by atoms with Crippen molar-refractivity contribution in [3.8, 4) is 0 Å². The molecule has 1 amide bonds. The third-order valence-electron chi connectivity index (χ3n) is 3.72. The predicted molar refractivity (Wildman–Crippen MR) is 67.2 cm³/mol. The maximum Gasteiger partial charge on any atom is 0.475 e. The molecule has 0 aromatic carbocycles. The minimum absolute atomic E-state index is 0.0162. The first kappa shape index (κ1) is 14.5. The molecule has 3 N–H and O–H groups in total. The third-order valence-corrected chi connectivity index (χ3v) is 3.72. The van der Waals surface area contributed by atoms with E-state index in [0.717, 1.165) is 12.8 Å². The Morgan fingerprint density at radius 3 is 2.71 bits per heavy atom. The largest absolute Gasteiger partial charge is 0.475 e. The molecule has 0 unspecified atom stereocenters. The summed E-state index contributed by atoms with van der Waals surface area (Å²) < 4.78 is 0. The molecule has 6 heteroatoms. The number of rotatable bonds is 5. The van der Waals surface area contributed by atoms with E-state index in [4.69, 9.17) is 0 Å². The highest BCUT2D eigenvalue weighted by atomic mass is 16.4. The van der Waals surface area contributed by atoms with Crippen LogP contribution in [0.5, 0.6) is 0 Å². The second-order valence-corrected chi connectivity index (χ2v) is 4.81. The van der Waals surface area contributed by atoms with Crippen molar-refractivity contribution in [2.45, 2.75) is 45.1 Å². The van der Waals surface area contributed by atoms with Crippen LogP contribution in [0.4, 0.5) is 0 Å². The van der Waals surface area contributed by atoms with Crippen molar-refractivity contribution in [3.05, 3.63) is 0 Å². The summed E-state index contributed by atoms with van der Waals surface area (Å²) in [4.78, 5) is 13.9. The number of carbonyl (C=O) groups excluding carboxylic acids is 1. The van der Waals surface area contributed by atoms with Crippen molar-refractivity contribution in [1.29, 1.82) is 0 Å². The number of carbonyl (C=O) groups is 1. The van der Waals surface area contributed by atoms with Crippen molar-refractivity contribution in [2.24, 2.45) is 5.92 Å². The number of likely N-dealkylation sites (N-methyl/N-ethyl adjacent to an activating group) is 1. The zero-order valence-corrected chi connectivity index (χ0v) is 10.9. The lowest BCUT2D eigenvalue weighted by Crippen LogP contribution is -2.53. The normalized spacial score (nSPS) is 23.6. The fourth-order valence-corrected chi connectivity index (χ4v) is 2.44. The second kappa shape index (κ2) is 6.38. The van der Waals surface area contributed by atoms with E-state index in [1.807, 2.05) is 13.8 Å². The van der Waals surface area contributed by atoms with Gasteiger partial charge in [-0.1, -0.05) is 20.3 Å². The summed E-state index contributed by atoms with van der Waals surface area (Å²) in [5, 5.41) is 21.6. The number of hydrogen-bond donors (Lipinski definition) is 3. The number of amides is 1. The molecule has 98 valence electrons. The Labute approximate surface area is 103 Å². The van der Waals surface area contributed by atoms with Gasteiger partial charge in [0, 0.05) is 6.54 Å². The van der Waals surface area contributed by atoms with Gasteiger partial charge in [-0.25, -0.2) is 0 Å². The summed E-state index contributed by atoms with van der Waals surface area (Å²) >= 11 is 0. The molecule has 0 aromatic rings. The van der Waals surface area contributed by atoms with E-state index in [2.05, 4.69) is 5.32 Å². The average molecular weight is 242 g/mol. The van der Waals surface area contributed by atoms with E-state index in [9.17, 15) is 14.8 Å². The first-order valence-electron chi connectivity index (χ1n) is 6.36. The lowest BCUT2D eigenvalue weighted by Gasteiger charge is -2.30. The predicted octanol–water partition coefficient (Wildman–Crippen LogP) is -0.376. The van der Waals surface area contributed by atoms with Crippen LogP contribution in [0.1, 0.15) is 33.1 Å². The van der Waals surface area contributed by atoms with Gasteiger partial charge < -0.3 is 20.3 Å². The molecule has 0 bridgehead atoms. The summed E-state index contributed by atoms with van der Waals surface area (Å²) in [7, 11) is 0.339. The van der Waals surface area contributed by atoms with Crippen LogP contribution in [-0.2, 0) is 4.79 Å². The van der Waals surface area contributed by atoms with E-state index in [1.165, 1.54) is 0 Å². The first-order chi connectivity index (χ1) is 8.02. The summed E-state index contributed by atoms with van der Waals surface area (Å²) in [5.74, 6) is -0.218. The Hall–Kier alpha value is -0.585. The smallest absolute Gasteiger partial charge is 0.426 e. The number of hydrogen-bond acceptors (Lipinski definition) is 4. The quantitative estimate of drug-likeness (QED) is 0.575. The topological polar surface area (TPSA) is 72.8 Å². The fraction of sp³-hybridized carbons (Fsp3) is 0.909. The first-order valence-corrected chi connectivity index (χ1v) is 6.36. The average Bonchev–Trinajstić information content (AvgIpc) is 2.78. The van der Waals surface area contributed by atoms with Gasteiger partial charge in [-0.15, -0.1) is 0 Å². The molecule has 5 nitrogen and oxygen atoms in total. The van der Waals surface area contributed by atoms with Crippen molar-refractivity contribution < 1.29 is 14.8 Å². The fourth-order valence-electron chi connectivity index (χ4n) is 2.44. The highest BCUT2D eigenvalue weighted by Crippen LogP contribution is 2.21. The number of likely N-dealkylation sites (tertiary alicyclic amines) is 1. The van der Waals surface area contributed by atoms with Gasteiger partial charge in [-0.2, -0.15) is 0 Å². The van der Waals surface area contributed by atoms with E-state index < -0.39 is 13.1 Å². The molecule has 0 spiro atoms. The van der Waals surface area contributed by atoms with E-state index >= 15 is 0 Å². The van der Waals surface area contributed by atoms with Crippen molar-refractivity contribution in [3.63, 3.8) is 0 Å². The Bertz CT molecular complexity index is 263. The van der Waals surface area contributed by atoms with E-state index in [-0.39, 0.29) is 17.9 Å². The summed E-state index contributed by atoms with van der Waals surface area (Å²) in [6.07, 6.45) is 2.42. The lowest BCUT2D eigenvalue weighted by atomic mass is 9.77. The molecule has 0 aromatic heterocycles. The van der Waals surface area contributed by atoms with Gasteiger partial charge in [0.05, 0.1) is 12.0 Å². The Morgan fingerprint density at radius 1 is 1.59 bits per heavy atom. The molecule has 1 rings (SSSR count). The van der Waals surface area contributed by atoms with Gasteiger partial charge in [0.2, 0.25) is 5.91 Å². The monoisotopic (exact) mass is 242 g/mol. The van der Waals surface area contributed by atoms with E-state index in [1.54, 1.807) is 11.9 Å². The zero-order valence-electron chi connectivity index (χ0n) is 10.9. The molecule has 1 fully saturated rings. The highest BCUT2D eigenvalue weighted by molar-refractivity contribution is 6.43. The molecule has 1 aliphatic heterocycles. The van der Waals surface area contributed by atoms with Gasteiger partial charge >= 0.3 is 7.12 Å². The Balaban J connectivity index is 2.73. The van der Waals surface area contributed by atoms with Crippen LogP contribution >= 0.6 is 0 Å². The van der Waals surface area contributed by atoms with Crippen LogP contribution in [0.15, 0.2) is 0 Å². The molecule has 1 saturated heterocycles. The molecule has 1 heterocycles. The standard InChI is InChI=1S/C11H23BN2O3/c1-4-8(2)10(13-3)11(15)14-7-5-6-9(14)12(16)17/h8-10,13,16-17H,4-7H2,1-3H3/t8-,9+,10+/m1/s1. The molecule has 1 aliphatic rings. The molecular weight excluding hydrogens is 219 g/mol. The third kappa shape index (κ3) is 3.21. The summed E-state index contributed by atoms with van der Waals surface area (Å²) in [5.41, 5.74) is 0. The lowest BCUT2D eigenvalue weighted by molar-refractivity contribution is -0.134. The minimum atomic E-state index is -1.43. The molecule has 0 aliphatic carbocycles. The molecular formula is C11H23BN2O3. The Kier molecular flexibility index (Phi) is 5.43. The second-order valence-electron chi connectivity index (χ2n) is 4.81. The molecule has 17 heavy (non-hydrogen) atoms. The molecule has 0 saturated carbocycles. The van der Waals surface area contributed by atoms with E-state index in [0.29, 0.717) is 13.0 Å². The molecule has 3 atom stereocenters. The number of nitrogens with zero attached hydrogens (tertiary/aromatic N) is 1. The zero-order chi connectivity index (χ0) is 13.0. The van der Waals surface area contributed by atoms with Crippen LogP contribution in [0.3, 0.4) is 0 Å². The number of nitrogens with one attached hydrogen (secondary N) is 1. The van der Waals surface area contributed by atoms with Crippen molar-refractivity contribution in [1.82, 2.24) is 10.2 Å². The van der Waals surface area contributed by atoms with Gasteiger partial charge in [0.25, 0.3) is 0 Å². The van der Waals surface area contributed by atoms with Crippen LogP contribution < -0.4 is 5.32 Å². The van der Waals surface area contributed by atoms with Gasteiger partial charge in [0.15, 0.2) is 0 Å². The molecule has 0 radical (unpaired) electrons.